The van der Waals surface area contributed by atoms with Gasteiger partial charge in [0.05, 0.1) is 12.3 Å². The van der Waals surface area contributed by atoms with E-state index in [9.17, 15) is 8.42 Å². The van der Waals surface area contributed by atoms with Gasteiger partial charge in [-0.15, -0.1) is 24.0 Å². The molecule has 154 valence electrons. The van der Waals surface area contributed by atoms with Gasteiger partial charge in [-0.1, -0.05) is 53.5 Å². The number of rotatable bonds is 7. The van der Waals surface area contributed by atoms with Gasteiger partial charge in [-0.3, -0.25) is 0 Å². The maximum Gasteiger partial charge on any atom is 0.191 e. The summed E-state index contributed by atoms with van der Waals surface area (Å²) < 4.78 is 22.7. The number of sulfone groups is 1. The molecule has 0 saturated carbocycles. The number of hydrogen-bond acceptors (Lipinski definition) is 3. The fourth-order valence-corrected chi connectivity index (χ4v) is 3.67. The first-order valence-corrected chi connectivity index (χ1v) is 11.3. The van der Waals surface area contributed by atoms with Gasteiger partial charge >= 0.3 is 0 Å². The Bertz CT molecular complexity index is 904. The first-order chi connectivity index (χ1) is 12.8. The number of guanidine groups is 1. The molecule has 0 saturated heterocycles. The van der Waals surface area contributed by atoms with Crippen LogP contribution in [-0.4, -0.2) is 27.2 Å². The Kier molecular flexibility index (Phi) is 10.6. The summed E-state index contributed by atoms with van der Waals surface area (Å²) in [6.07, 6.45) is 1.23. The summed E-state index contributed by atoms with van der Waals surface area (Å²) in [5.74, 6) is 0.714. The first kappa shape index (κ1) is 25.0. The predicted molar refractivity (Wildman–Crippen MR) is 129 cm³/mol. The Morgan fingerprint density at radius 1 is 1.04 bits per heavy atom. The summed E-state index contributed by atoms with van der Waals surface area (Å²) in [7, 11) is -3.03. The average Bonchev–Trinajstić information content (AvgIpc) is 2.58. The van der Waals surface area contributed by atoms with E-state index in [1.807, 2.05) is 37.3 Å². The van der Waals surface area contributed by atoms with Crippen LogP contribution < -0.4 is 10.6 Å². The molecule has 5 nitrogen and oxygen atoms in total. The minimum Gasteiger partial charge on any atom is -0.357 e. The van der Waals surface area contributed by atoms with E-state index in [0.29, 0.717) is 29.1 Å². The molecule has 2 N–H and O–H groups in total. The van der Waals surface area contributed by atoms with E-state index in [-0.39, 0.29) is 29.7 Å². The monoisotopic (exact) mass is 555 g/mol. The van der Waals surface area contributed by atoms with E-state index in [1.54, 1.807) is 12.1 Å². The van der Waals surface area contributed by atoms with Gasteiger partial charge in [-0.05, 0) is 35.7 Å². The first-order valence-electron chi connectivity index (χ1n) is 8.48. The highest BCUT2D eigenvalue weighted by molar-refractivity contribution is 14.0. The molecule has 0 aromatic heterocycles. The van der Waals surface area contributed by atoms with Crippen LogP contribution in [0.5, 0.6) is 0 Å². The Hall–Kier alpha value is -1.03. The lowest BCUT2D eigenvalue weighted by Gasteiger charge is -2.12. The van der Waals surface area contributed by atoms with Crippen LogP contribution >= 0.6 is 47.2 Å². The highest BCUT2D eigenvalue weighted by atomic mass is 127. The quantitative estimate of drug-likeness (QED) is 0.301. The summed E-state index contributed by atoms with van der Waals surface area (Å²) in [6, 6.07) is 12.8. The van der Waals surface area contributed by atoms with Gasteiger partial charge in [0.1, 0.15) is 0 Å². The molecule has 9 heteroatoms. The Balaban J connectivity index is 0.00000392. The number of hydrogen-bond donors (Lipinski definition) is 2. The second-order valence-corrected chi connectivity index (χ2v) is 9.15. The van der Waals surface area contributed by atoms with Crippen molar-refractivity contribution in [2.24, 2.45) is 4.99 Å². The molecule has 0 heterocycles. The minimum atomic E-state index is -3.03. The molecular formula is C19H24Cl2IN3O2S. The van der Waals surface area contributed by atoms with Gasteiger partial charge in [-0.2, -0.15) is 0 Å². The third-order valence-corrected chi connectivity index (χ3v) is 5.12. The van der Waals surface area contributed by atoms with Crippen LogP contribution in [-0.2, 0) is 28.7 Å². The van der Waals surface area contributed by atoms with Crippen molar-refractivity contribution in [2.45, 2.75) is 25.8 Å². The molecule has 0 bridgehead atoms. The van der Waals surface area contributed by atoms with Crippen LogP contribution in [0.15, 0.2) is 47.5 Å². The van der Waals surface area contributed by atoms with Crippen molar-refractivity contribution in [1.82, 2.24) is 10.6 Å². The summed E-state index contributed by atoms with van der Waals surface area (Å²) in [6.45, 7) is 3.72. The summed E-state index contributed by atoms with van der Waals surface area (Å²) in [4.78, 5) is 4.56. The fourth-order valence-electron chi connectivity index (χ4n) is 2.40. The van der Waals surface area contributed by atoms with Crippen molar-refractivity contribution in [3.05, 3.63) is 69.2 Å². The normalized spacial score (nSPS) is 11.6. The molecule has 0 aliphatic heterocycles. The van der Waals surface area contributed by atoms with Crippen LogP contribution in [0.25, 0.3) is 0 Å². The number of nitrogens with zero attached hydrogens (tertiary/aromatic N) is 1. The van der Waals surface area contributed by atoms with Crippen molar-refractivity contribution in [3.63, 3.8) is 0 Å². The molecule has 0 radical (unpaired) electrons. The maximum atomic E-state index is 11.3. The molecule has 0 spiro atoms. The Morgan fingerprint density at radius 3 is 2.25 bits per heavy atom. The Labute approximate surface area is 193 Å². The third-order valence-electron chi connectivity index (χ3n) is 3.68. The minimum absolute atomic E-state index is 0. The van der Waals surface area contributed by atoms with E-state index in [4.69, 9.17) is 23.2 Å². The molecule has 0 amide bonds. The lowest BCUT2D eigenvalue weighted by molar-refractivity contribution is 0.601. The molecule has 28 heavy (non-hydrogen) atoms. The topological polar surface area (TPSA) is 70.6 Å². The van der Waals surface area contributed by atoms with Crippen molar-refractivity contribution in [1.29, 1.82) is 0 Å². The second kappa shape index (κ2) is 11.8. The van der Waals surface area contributed by atoms with Gasteiger partial charge in [0.25, 0.3) is 0 Å². The smallest absolute Gasteiger partial charge is 0.191 e. The zero-order valence-corrected chi connectivity index (χ0v) is 20.4. The van der Waals surface area contributed by atoms with Gasteiger partial charge < -0.3 is 10.6 Å². The summed E-state index contributed by atoms with van der Waals surface area (Å²) in [5.41, 5.74) is 2.69. The lowest BCUT2D eigenvalue weighted by Crippen LogP contribution is -2.36. The van der Waals surface area contributed by atoms with Crippen molar-refractivity contribution >= 4 is 63.0 Å². The average molecular weight is 556 g/mol. The molecule has 0 unspecified atom stereocenters. The van der Waals surface area contributed by atoms with E-state index in [2.05, 4.69) is 15.6 Å². The van der Waals surface area contributed by atoms with Crippen LogP contribution in [0.3, 0.4) is 0 Å². The van der Waals surface area contributed by atoms with Crippen molar-refractivity contribution < 1.29 is 8.42 Å². The third kappa shape index (κ3) is 8.98. The molecule has 0 atom stereocenters. The van der Waals surface area contributed by atoms with E-state index in [0.717, 1.165) is 23.2 Å². The zero-order valence-electron chi connectivity index (χ0n) is 15.7. The molecular weight excluding hydrogens is 532 g/mol. The highest BCUT2D eigenvalue weighted by Gasteiger charge is 2.05. The molecule has 2 rings (SSSR count). The van der Waals surface area contributed by atoms with E-state index < -0.39 is 9.84 Å². The highest BCUT2D eigenvalue weighted by Crippen LogP contribution is 2.20. The van der Waals surface area contributed by atoms with Crippen LogP contribution in [0.1, 0.15) is 23.6 Å². The van der Waals surface area contributed by atoms with E-state index >= 15 is 0 Å². The zero-order chi connectivity index (χ0) is 19.9. The van der Waals surface area contributed by atoms with Gasteiger partial charge in [-0.25, -0.2) is 13.4 Å². The van der Waals surface area contributed by atoms with E-state index in [1.165, 1.54) is 6.26 Å². The maximum absolute atomic E-state index is 11.3. The van der Waals surface area contributed by atoms with Gasteiger partial charge in [0.2, 0.25) is 0 Å². The van der Waals surface area contributed by atoms with Crippen LogP contribution in [0.2, 0.25) is 10.0 Å². The van der Waals surface area contributed by atoms with Gasteiger partial charge in [0, 0.05) is 29.4 Å². The molecule has 0 aliphatic rings. The van der Waals surface area contributed by atoms with Crippen LogP contribution in [0.4, 0.5) is 0 Å². The SMILES string of the molecule is CCNC(=NCc1ccc(CS(C)(=O)=O)cc1)NCc1ccc(Cl)cc1Cl.I. The molecule has 2 aromatic rings. The fraction of sp³-hybridized carbons (Fsp3) is 0.316. The number of nitrogens with one attached hydrogen (secondary N) is 2. The van der Waals surface area contributed by atoms with Crippen molar-refractivity contribution in [3.8, 4) is 0 Å². The molecule has 0 aliphatic carbocycles. The predicted octanol–water partition coefficient (Wildman–Crippen LogP) is 4.41. The Morgan fingerprint density at radius 2 is 1.68 bits per heavy atom. The summed E-state index contributed by atoms with van der Waals surface area (Å²) in [5, 5.41) is 7.63. The largest absolute Gasteiger partial charge is 0.357 e. The lowest BCUT2D eigenvalue weighted by atomic mass is 10.1. The standard InChI is InChI=1S/C19H23Cl2N3O2S.HI/c1-3-22-19(24-12-16-8-9-17(20)10-18(16)21)23-11-14-4-6-15(7-5-14)13-27(2,25)26;/h4-10H,3,11-13H2,1-2H3,(H2,22,23,24);1H. The number of benzene rings is 2. The number of halogens is 3. The second-order valence-electron chi connectivity index (χ2n) is 6.17. The number of aliphatic imine (C=N–C) groups is 1. The van der Waals surface area contributed by atoms with Crippen molar-refractivity contribution in [2.75, 3.05) is 12.8 Å². The summed E-state index contributed by atoms with van der Waals surface area (Å²) >= 11 is 12.1. The van der Waals surface area contributed by atoms with Crippen LogP contribution in [0, 0.1) is 0 Å². The molecule has 2 aromatic carbocycles. The molecule has 0 fully saturated rings. The van der Waals surface area contributed by atoms with Gasteiger partial charge in [0.15, 0.2) is 15.8 Å².